The lowest BCUT2D eigenvalue weighted by Crippen LogP contribution is -2.12. The minimum Gasteiger partial charge on any atom is -0.313 e. The fourth-order valence-electron chi connectivity index (χ4n) is 2.02. The third-order valence-electron chi connectivity index (χ3n) is 2.78. The molecule has 2 aromatic rings. The maximum absolute atomic E-state index is 13.6. The first-order valence-electron chi connectivity index (χ1n) is 6.14. The fourth-order valence-corrected chi connectivity index (χ4v) is 2.02. The van der Waals surface area contributed by atoms with Crippen molar-refractivity contribution in [1.29, 1.82) is 0 Å². The monoisotopic (exact) mass is 247 g/mol. The van der Waals surface area contributed by atoms with E-state index in [0.29, 0.717) is 6.54 Å². The highest BCUT2D eigenvalue weighted by atomic mass is 19.1. The van der Waals surface area contributed by atoms with Gasteiger partial charge in [0.2, 0.25) is 0 Å². The van der Waals surface area contributed by atoms with E-state index in [0.717, 1.165) is 29.2 Å². The Morgan fingerprint density at radius 2 is 2.00 bits per heavy atom. The summed E-state index contributed by atoms with van der Waals surface area (Å²) in [7, 11) is 0. The van der Waals surface area contributed by atoms with Gasteiger partial charge in [-0.3, -0.25) is 0 Å². The lowest BCUT2D eigenvalue weighted by atomic mass is 10.2. The molecule has 0 aliphatic heterocycles. The third-order valence-corrected chi connectivity index (χ3v) is 2.78. The van der Waals surface area contributed by atoms with Gasteiger partial charge in [-0.15, -0.1) is 0 Å². The summed E-state index contributed by atoms with van der Waals surface area (Å²) in [6.45, 7) is 7.46. The Hall–Kier alpha value is -1.68. The molecule has 3 nitrogen and oxygen atoms in total. The Morgan fingerprint density at radius 1 is 1.22 bits per heavy atom. The topological polar surface area (TPSA) is 29.9 Å². The molecule has 0 amide bonds. The summed E-state index contributed by atoms with van der Waals surface area (Å²) in [6, 6.07) is 7.01. The van der Waals surface area contributed by atoms with E-state index in [1.807, 2.05) is 32.9 Å². The molecule has 1 aromatic heterocycles. The van der Waals surface area contributed by atoms with Crippen LogP contribution in [-0.4, -0.2) is 16.3 Å². The van der Waals surface area contributed by atoms with Crippen molar-refractivity contribution in [3.63, 3.8) is 0 Å². The van der Waals surface area contributed by atoms with Gasteiger partial charge in [-0.2, -0.15) is 5.10 Å². The van der Waals surface area contributed by atoms with Crippen LogP contribution in [0, 0.1) is 19.7 Å². The van der Waals surface area contributed by atoms with Crippen molar-refractivity contribution in [3.05, 3.63) is 47.0 Å². The highest BCUT2D eigenvalue weighted by molar-refractivity contribution is 5.37. The molecule has 2 rings (SSSR count). The first-order chi connectivity index (χ1) is 8.60. The van der Waals surface area contributed by atoms with Gasteiger partial charge in [0.1, 0.15) is 5.82 Å². The summed E-state index contributed by atoms with van der Waals surface area (Å²) in [4.78, 5) is 0. The molecule has 0 atom stereocenters. The van der Waals surface area contributed by atoms with Crippen LogP contribution in [0.15, 0.2) is 24.3 Å². The number of aromatic nitrogens is 2. The summed E-state index contributed by atoms with van der Waals surface area (Å²) in [5, 5.41) is 7.57. The molecule has 1 aromatic carbocycles. The van der Waals surface area contributed by atoms with Gasteiger partial charge in [-0.25, -0.2) is 9.07 Å². The Labute approximate surface area is 107 Å². The van der Waals surface area contributed by atoms with Crippen LogP contribution in [0.4, 0.5) is 4.39 Å². The smallest absolute Gasteiger partial charge is 0.125 e. The SMILES string of the molecule is CCNCc1cc(F)cc(-n2nc(C)cc2C)c1. The van der Waals surface area contributed by atoms with E-state index in [1.54, 1.807) is 10.7 Å². The molecule has 1 N–H and O–H groups in total. The zero-order valence-corrected chi connectivity index (χ0v) is 11.0. The normalized spacial score (nSPS) is 10.9. The number of hydrogen-bond acceptors (Lipinski definition) is 2. The van der Waals surface area contributed by atoms with Crippen LogP contribution in [0.5, 0.6) is 0 Å². The van der Waals surface area contributed by atoms with E-state index < -0.39 is 0 Å². The van der Waals surface area contributed by atoms with Gasteiger partial charge in [-0.05, 0) is 50.2 Å². The van der Waals surface area contributed by atoms with Crippen LogP contribution in [0.3, 0.4) is 0 Å². The summed E-state index contributed by atoms with van der Waals surface area (Å²) in [6.07, 6.45) is 0. The van der Waals surface area contributed by atoms with Gasteiger partial charge >= 0.3 is 0 Å². The minimum atomic E-state index is -0.229. The van der Waals surface area contributed by atoms with Crippen molar-refractivity contribution in [2.24, 2.45) is 0 Å². The van der Waals surface area contributed by atoms with Crippen molar-refractivity contribution >= 4 is 0 Å². The van der Waals surface area contributed by atoms with Crippen LogP contribution in [0.2, 0.25) is 0 Å². The highest BCUT2D eigenvalue weighted by Crippen LogP contribution is 2.16. The van der Waals surface area contributed by atoms with Crippen molar-refractivity contribution in [2.45, 2.75) is 27.3 Å². The van der Waals surface area contributed by atoms with E-state index in [1.165, 1.54) is 6.07 Å². The molecule has 18 heavy (non-hydrogen) atoms. The summed E-state index contributed by atoms with van der Waals surface area (Å²) in [5.41, 5.74) is 3.64. The summed E-state index contributed by atoms with van der Waals surface area (Å²) in [5.74, 6) is -0.229. The van der Waals surface area contributed by atoms with Gasteiger partial charge in [0.05, 0.1) is 11.4 Å². The van der Waals surface area contributed by atoms with Gasteiger partial charge in [0.15, 0.2) is 0 Å². The number of hydrogen-bond donors (Lipinski definition) is 1. The van der Waals surface area contributed by atoms with Crippen molar-refractivity contribution < 1.29 is 4.39 Å². The predicted molar refractivity (Wildman–Crippen MR) is 70.4 cm³/mol. The quantitative estimate of drug-likeness (QED) is 0.900. The summed E-state index contributed by atoms with van der Waals surface area (Å²) < 4.78 is 15.4. The lowest BCUT2D eigenvalue weighted by Gasteiger charge is -2.08. The Kier molecular flexibility index (Phi) is 3.77. The van der Waals surface area contributed by atoms with E-state index in [-0.39, 0.29) is 5.82 Å². The molecule has 0 aliphatic carbocycles. The van der Waals surface area contributed by atoms with E-state index in [9.17, 15) is 4.39 Å². The number of halogens is 1. The lowest BCUT2D eigenvalue weighted by molar-refractivity contribution is 0.618. The van der Waals surface area contributed by atoms with E-state index in [4.69, 9.17) is 0 Å². The second-order valence-corrected chi connectivity index (χ2v) is 4.44. The van der Waals surface area contributed by atoms with Crippen LogP contribution in [-0.2, 0) is 6.54 Å². The summed E-state index contributed by atoms with van der Waals surface area (Å²) >= 11 is 0. The molecule has 0 saturated carbocycles. The fraction of sp³-hybridized carbons (Fsp3) is 0.357. The molecule has 0 fully saturated rings. The highest BCUT2D eigenvalue weighted by Gasteiger charge is 2.06. The first-order valence-corrected chi connectivity index (χ1v) is 6.14. The molecule has 0 saturated heterocycles. The van der Waals surface area contributed by atoms with Crippen LogP contribution < -0.4 is 5.32 Å². The number of nitrogens with zero attached hydrogens (tertiary/aromatic N) is 2. The second kappa shape index (κ2) is 5.31. The Bertz CT molecular complexity index is 546. The molecule has 1 heterocycles. The molecule has 0 aliphatic rings. The standard InChI is InChI=1S/C14H18FN3/c1-4-16-9-12-6-13(15)8-14(7-12)18-11(3)5-10(2)17-18/h5-8,16H,4,9H2,1-3H3. The Balaban J connectivity index is 2.38. The predicted octanol–water partition coefficient (Wildman–Crippen LogP) is 2.74. The number of benzene rings is 1. The minimum absolute atomic E-state index is 0.229. The molecule has 0 radical (unpaired) electrons. The Morgan fingerprint density at radius 3 is 2.61 bits per heavy atom. The number of rotatable bonds is 4. The molecule has 4 heteroatoms. The van der Waals surface area contributed by atoms with E-state index >= 15 is 0 Å². The van der Waals surface area contributed by atoms with Gasteiger partial charge < -0.3 is 5.32 Å². The van der Waals surface area contributed by atoms with Crippen LogP contribution in [0.25, 0.3) is 5.69 Å². The largest absolute Gasteiger partial charge is 0.313 e. The number of nitrogens with one attached hydrogen (secondary N) is 1. The van der Waals surface area contributed by atoms with Gasteiger partial charge in [0, 0.05) is 12.2 Å². The van der Waals surface area contributed by atoms with Gasteiger partial charge in [-0.1, -0.05) is 6.92 Å². The third kappa shape index (κ3) is 2.76. The van der Waals surface area contributed by atoms with Gasteiger partial charge in [0.25, 0.3) is 0 Å². The second-order valence-electron chi connectivity index (χ2n) is 4.44. The zero-order chi connectivity index (χ0) is 13.1. The molecule has 0 bridgehead atoms. The first kappa shape index (κ1) is 12.8. The van der Waals surface area contributed by atoms with Crippen molar-refractivity contribution in [2.75, 3.05) is 6.54 Å². The molecular formula is C14H18FN3. The maximum Gasteiger partial charge on any atom is 0.125 e. The van der Waals surface area contributed by atoms with Crippen molar-refractivity contribution in [1.82, 2.24) is 15.1 Å². The average Bonchev–Trinajstić information content (AvgIpc) is 2.65. The maximum atomic E-state index is 13.6. The molecular weight excluding hydrogens is 229 g/mol. The van der Waals surface area contributed by atoms with E-state index in [2.05, 4.69) is 10.4 Å². The average molecular weight is 247 g/mol. The number of aryl methyl sites for hydroxylation is 2. The molecule has 0 spiro atoms. The molecule has 0 unspecified atom stereocenters. The molecule has 96 valence electrons. The van der Waals surface area contributed by atoms with Crippen LogP contribution >= 0.6 is 0 Å². The zero-order valence-electron chi connectivity index (χ0n) is 11.0. The van der Waals surface area contributed by atoms with Crippen LogP contribution in [0.1, 0.15) is 23.9 Å². The van der Waals surface area contributed by atoms with Crippen molar-refractivity contribution in [3.8, 4) is 5.69 Å².